The lowest BCUT2D eigenvalue weighted by molar-refractivity contribution is -0.194. The van der Waals surface area contributed by atoms with Gasteiger partial charge in [0.1, 0.15) is 11.2 Å². The van der Waals surface area contributed by atoms with Crippen LogP contribution in [0.25, 0.3) is 0 Å². The van der Waals surface area contributed by atoms with Crippen LogP contribution in [-0.4, -0.2) is 60.1 Å². The maximum absolute atomic E-state index is 11.9. The normalized spacial score (nSPS) is 24.9. The summed E-state index contributed by atoms with van der Waals surface area (Å²) in [6, 6.07) is 0. The minimum atomic E-state index is -0.914. The van der Waals surface area contributed by atoms with Crippen LogP contribution in [0.4, 0.5) is 4.79 Å². The van der Waals surface area contributed by atoms with Gasteiger partial charge in [-0.3, -0.25) is 0 Å². The molecule has 2 heterocycles. The second-order valence-electron chi connectivity index (χ2n) is 6.96. The predicted octanol–water partition coefficient (Wildman–Crippen LogP) is 0.724. The number of hydrogen-bond acceptors (Lipinski definition) is 5. The first kappa shape index (κ1) is 15.5. The van der Waals surface area contributed by atoms with E-state index in [1.807, 2.05) is 20.8 Å². The van der Waals surface area contributed by atoms with Crippen LogP contribution in [-0.2, 0) is 9.47 Å². The van der Waals surface area contributed by atoms with Gasteiger partial charge in [-0.2, -0.15) is 0 Å². The molecule has 2 aliphatic rings. The molecule has 6 nitrogen and oxygen atoms in total. The van der Waals surface area contributed by atoms with Crippen molar-refractivity contribution in [1.82, 2.24) is 4.90 Å². The third-order valence-electron chi connectivity index (χ3n) is 4.38. The van der Waals surface area contributed by atoms with E-state index in [1.54, 1.807) is 0 Å². The van der Waals surface area contributed by atoms with Crippen molar-refractivity contribution in [1.29, 1.82) is 0 Å². The minimum absolute atomic E-state index is 0.291. The number of ether oxygens (including phenoxy) is 2. The lowest BCUT2D eigenvalue weighted by Gasteiger charge is -2.57. The molecule has 0 atom stereocenters. The molecule has 0 aromatic rings. The third kappa shape index (κ3) is 2.77. The van der Waals surface area contributed by atoms with Crippen molar-refractivity contribution < 1.29 is 19.4 Å². The topological polar surface area (TPSA) is 85.0 Å². The molecule has 2 rings (SSSR count). The number of likely N-dealkylation sites (tertiary alicyclic amines) is 1. The van der Waals surface area contributed by atoms with Crippen molar-refractivity contribution in [3.05, 3.63) is 0 Å². The van der Waals surface area contributed by atoms with Gasteiger partial charge in [0.2, 0.25) is 0 Å². The van der Waals surface area contributed by atoms with Crippen molar-refractivity contribution in [2.24, 2.45) is 11.1 Å². The first-order valence-corrected chi connectivity index (χ1v) is 7.20. The molecule has 0 aromatic heterocycles. The van der Waals surface area contributed by atoms with E-state index >= 15 is 0 Å². The van der Waals surface area contributed by atoms with Crippen molar-refractivity contribution in [3.8, 4) is 0 Å². The summed E-state index contributed by atoms with van der Waals surface area (Å²) in [6.45, 7) is 7.72. The van der Waals surface area contributed by atoms with Crippen LogP contribution < -0.4 is 5.73 Å². The summed E-state index contributed by atoms with van der Waals surface area (Å²) >= 11 is 0. The predicted molar refractivity (Wildman–Crippen MR) is 74.3 cm³/mol. The summed E-state index contributed by atoms with van der Waals surface area (Å²) in [6.07, 6.45) is 1.10. The van der Waals surface area contributed by atoms with Crippen molar-refractivity contribution in [3.63, 3.8) is 0 Å². The van der Waals surface area contributed by atoms with Gasteiger partial charge in [0, 0.05) is 25.2 Å². The van der Waals surface area contributed by atoms with E-state index in [0.29, 0.717) is 32.8 Å². The molecule has 0 saturated carbocycles. The molecule has 1 amide bonds. The Bertz CT molecular complexity index is 366. The molecule has 0 spiro atoms. The van der Waals surface area contributed by atoms with Gasteiger partial charge < -0.3 is 25.2 Å². The number of β-amino-alcohol motifs (C(OH)–C–C–N with tert-alkyl or cyclic N) is 1. The third-order valence-corrected chi connectivity index (χ3v) is 4.38. The number of hydrogen-bond donors (Lipinski definition) is 2. The van der Waals surface area contributed by atoms with Gasteiger partial charge >= 0.3 is 6.09 Å². The largest absolute Gasteiger partial charge is 0.444 e. The average molecular weight is 286 g/mol. The number of aliphatic hydroxyl groups is 1. The van der Waals surface area contributed by atoms with Crippen LogP contribution >= 0.6 is 0 Å². The summed E-state index contributed by atoms with van der Waals surface area (Å²) in [4.78, 5) is 13.5. The van der Waals surface area contributed by atoms with E-state index in [-0.39, 0.29) is 11.5 Å². The maximum atomic E-state index is 11.9. The Kier molecular flexibility index (Phi) is 4.01. The first-order valence-electron chi connectivity index (χ1n) is 7.20. The molecule has 20 heavy (non-hydrogen) atoms. The Morgan fingerprint density at radius 1 is 1.35 bits per heavy atom. The summed E-state index contributed by atoms with van der Waals surface area (Å²) < 4.78 is 10.7. The van der Waals surface area contributed by atoms with E-state index in [1.165, 1.54) is 4.90 Å². The average Bonchev–Trinajstić information content (AvgIpc) is 2.33. The smallest absolute Gasteiger partial charge is 0.410 e. The van der Waals surface area contributed by atoms with Gasteiger partial charge in [0.25, 0.3) is 0 Å². The second-order valence-corrected chi connectivity index (χ2v) is 6.96. The molecule has 3 N–H and O–H groups in total. The standard InChI is InChI=1S/C14H26N2O4/c1-12(2,3)20-11(17)16-9-14(18,10-16)13(8-15)4-6-19-7-5-13/h18H,4-10,15H2,1-3H3. The fourth-order valence-corrected chi connectivity index (χ4v) is 3.00. The highest BCUT2D eigenvalue weighted by atomic mass is 16.6. The number of carbonyl (C=O) groups excluding carboxylic acids is 1. The van der Waals surface area contributed by atoms with Crippen LogP contribution in [0.3, 0.4) is 0 Å². The highest BCUT2D eigenvalue weighted by Gasteiger charge is 2.58. The van der Waals surface area contributed by atoms with Crippen LogP contribution in [0.2, 0.25) is 0 Å². The molecule has 2 aliphatic heterocycles. The Morgan fingerprint density at radius 3 is 2.35 bits per heavy atom. The Hall–Kier alpha value is -0.850. The summed E-state index contributed by atoms with van der Waals surface area (Å²) in [5.74, 6) is 0. The van der Waals surface area contributed by atoms with Crippen LogP contribution in [0, 0.1) is 5.41 Å². The number of nitrogens with two attached hydrogens (primary N) is 1. The Morgan fingerprint density at radius 2 is 1.90 bits per heavy atom. The molecule has 2 saturated heterocycles. The molecule has 0 bridgehead atoms. The highest BCUT2D eigenvalue weighted by molar-refractivity contribution is 5.69. The molecule has 0 radical (unpaired) electrons. The van der Waals surface area contributed by atoms with Crippen LogP contribution in [0.1, 0.15) is 33.6 Å². The SMILES string of the molecule is CC(C)(C)OC(=O)N1CC(O)(C2(CN)CCOCC2)C1. The lowest BCUT2D eigenvalue weighted by atomic mass is 9.63. The van der Waals surface area contributed by atoms with Crippen molar-refractivity contribution in [2.75, 3.05) is 32.8 Å². The van der Waals surface area contributed by atoms with Crippen LogP contribution in [0.15, 0.2) is 0 Å². The number of rotatable bonds is 2. The molecule has 6 heteroatoms. The second kappa shape index (κ2) is 5.16. The van der Waals surface area contributed by atoms with Crippen molar-refractivity contribution >= 4 is 6.09 Å². The van der Waals surface area contributed by atoms with Crippen molar-refractivity contribution in [2.45, 2.75) is 44.8 Å². The molecule has 0 unspecified atom stereocenters. The van der Waals surface area contributed by atoms with Gasteiger partial charge in [-0.1, -0.05) is 0 Å². The van der Waals surface area contributed by atoms with Gasteiger partial charge in [0.15, 0.2) is 0 Å². The van der Waals surface area contributed by atoms with E-state index in [0.717, 1.165) is 12.8 Å². The zero-order chi connectivity index (χ0) is 15.0. The monoisotopic (exact) mass is 286 g/mol. The van der Waals surface area contributed by atoms with E-state index in [9.17, 15) is 9.90 Å². The lowest BCUT2D eigenvalue weighted by Crippen LogP contribution is -2.73. The van der Waals surface area contributed by atoms with Gasteiger partial charge in [-0.15, -0.1) is 0 Å². The Balaban J connectivity index is 1.97. The molecule has 0 aromatic carbocycles. The minimum Gasteiger partial charge on any atom is -0.444 e. The molecular weight excluding hydrogens is 260 g/mol. The highest BCUT2D eigenvalue weighted by Crippen LogP contribution is 2.45. The fourth-order valence-electron chi connectivity index (χ4n) is 3.00. The van der Waals surface area contributed by atoms with E-state index in [2.05, 4.69) is 0 Å². The quantitative estimate of drug-likeness (QED) is 0.781. The zero-order valence-electron chi connectivity index (χ0n) is 12.6. The number of carbonyl (C=O) groups is 1. The molecule has 2 fully saturated rings. The summed E-state index contributed by atoms with van der Waals surface area (Å²) in [5.41, 5.74) is 4.13. The molecule has 0 aliphatic carbocycles. The fraction of sp³-hybridized carbons (Fsp3) is 0.929. The summed E-state index contributed by atoms with van der Waals surface area (Å²) in [7, 11) is 0. The number of amides is 1. The van der Waals surface area contributed by atoms with Gasteiger partial charge in [0.05, 0.1) is 13.1 Å². The Labute approximate surface area is 120 Å². The summed E-state index contributed by atoms with van der Waals surface area (Å²) in [5, 5.41) is 10.8. The molecule has 116 valence electrons. The molecular formula is C14H26N2O4. The first-order chi connectivity index (χ1) is 9.21. The van der Waals surface area contributed by atoms with Crippen LogP contribution in [0.5, 0.6) is 0 Å². The zero-order valence-corrected chi connectivity index (χ0v) is 12.6. The van der Waals surface area contributed by atoms with Gasteiger partial charge in [-0.05, 0) is 33.6 Å². The van der Waals surface area contributed by atoms with E-state index < -0.39 is 11.2 Å². The maximum Gasteiger partial charge on any atom is 0.410 e. The van der Waals surface area contributed by atoms with E-state index in [4.69, 9.17) is 15.2 Å². The van der Waals surface area contributed by atoms with Gasteiger partial charge in [-0.25, -0.2) is 4.79 Å². The number of nitrogens with zero attached hydrogens (tertiary/aromatic N) is 1.